The molecule has 0 radical (unpaired) electrons. The fourth-order valence-electron chi connectivity index (χ4n) is 2.31. The third kappa shape index (κ3) is 2.61. The van der Waals surface area contributed by atoms with Gasteiger partial charge in [0.2, 0.25) is 0 Å². The average molecular weight is 225 g/mol. The molecule has 1 aromatic heterocycles. The van der Waals surface area contributed by atoms with Crippen LogP contribution in [0.25, 0.3) is 0 Å². The van der Waals surface area contributed by atoms with E-state index in [-0.39, 0.29) is 0 Å². The summed E-state index contributed by atoms with van der Waals surface area (Å²) in [5.74, 6) is 0.578. The van der Waals surface area contributed by atoms with Gasteiger partial charge in [-0.1, -0.05) is 0 Å². The molecule has 1 fully saturated rings. The maximum Gasteiger partial charge on any atom is 0.146 e. The van der Waals surface area contributed by atoms with Gasteiger partial charge in [0, 0.05) is 12.7 Å². The van der Waals surface area contributed by atoms with E-state index in [1.54, 1.807) is 26.1 Å². The molecule has 1 atom stereocenters. The summed E-state index contributed by atoms with van der Waals surface area (Å²) in [5, 5.41) is 7.60. The van der Waals surface area contributed by atoms with Crippen molar-refractivity contribution in [1.29, 1.82) is 0 Å². The summed E-state index contributed by atoms with van der Waals surface area (Å²) < 4.78 is 15.7. The minimum absolute atomic E-state index is 0.578. The fraction of sp³-hybridized carbons (Fsp3) is 0.750. The van der Waals surface area contributed by atoms with Gasteiger partial charge in [-0.3, -0.25) is 4.68 Å². The van der Waals surface area contributed by atoms with Crippen LogP contribution in [0.15, 0.2) is 12.3 Å². The van der Waals surface area contributed by atoms with Crippen molar-refractivity contribution in [2.75, 3.05) is 13.1 Å². The second kappa shape index (κ2) is 4.53. The Labute approximate surface area is 96.0 Å². The molecule has 2 heterocycles. The van der Waals surface area contributed by atoms with Crippen LogP contribution in [0, 0.1) is 5.92 Å². The summed E-state index contributed by atoms with van der Waals surface area (Å²) in [6.07, 6.45) is 4.10. The summed E-state index contributed by atoms with van der Waals surface area (Å²) in [6, 6.07) is 1.77. The van der Waals surface area contributed by atoms with Gasteiger partial charge in [0.1, 0.15) is 5.67 Å². The van der Waals surface area contributed by atoms with Crippen LogP contribution in [0.1, 0.15) is 32.4 Å². The van der Waals surface area contributed by atoms with E-state index in [1.165, 1.54) is 12.8 Å². The van der Waals surface area contributed by atoms with Crippen LogP contribution < -0.4 is 5.32 Å². The SMILES string of the molecule is CC(C)(F)c1ccnn1CC1CCCNC1. The van der Waals surface area contributed by atoms with Crippen molar-refractivity contribution in [2.45, 2.75) is 38.9 Å². The molecule has 0 aromatic carbocycles. The lowest BCUT2D eigenvalue weighted by molar-refractivity contribution is 0.196. The largest absolute Gasteiger partial charge is 0.316 e. The summed E-state index contributed by atoms with van der Waals surface area (Å²) in [4.78, 5) is 0. The molecule has 0 amide bonds. The Kier molecular flexibility index (Phi) is 3.28. The van der Waals surface area contributed by atoms with E-state index in [1.807, 2.05) is 4.68 Å². The molecule has 1 unspecified atom stereocenters. The number of hydrogen-bond acceptors (Lipinski definition) is 2. The molecule has 0 bridgehead atoms. The average Bonchev–Trinajstić information content (AvgIpc) is 2.67. The van der Waals surface area contributed by atoms with Crippen LogP contribution >= 0.6 is 0 Å². The van der Waals surface area contributed by atoms with Crippen molar-refractivity contribution >= 4 is 0 Å². The number of alkyl halides is 1. The highest BCUT2D eigenvalue weighted by atomic mass is 19.1. The van der Waals surface area contributed by atoms with E-state index >= 15 is 0 Å². The number of halogens is 1. The Morgan fingerprint density at radius 2 is 2.44 bits per heavy atom. The maximum atomic E-state index is 13.9. The summed E-state index contributed by atoms with van der Waals surface area (Å²) >= 11 is 0. The minimum Gasteiger partial charge on any atom is -0.316 e. The first kappa shape index (κ1) is 11.6. The summed E-state index contributed by atoms with van der Waals surface area (Å²) in [6.45, 7) is 6.12. The van der Waals surface area contributed by atoms with Crippen LogP contribution in [-0.2, 0) is 12.2 Å². The molecule has 4 heteroatoms. The lowest BCUT2D eigenvalue weighted by Crippen LogP contribution is -2.33. The molecule has 1 aromatic rings. The molecular formula is C12H20FN3. The van der Waals surface area contributed by atoms with Crippen LogP contribution in [-0.4, -0.2) is 22.9 Å². The monoisotopic (exact) mass is 225 g/mol. The molecule has 0 saturated carbocycles. The van der Waals surface area contributed by atoms with Gasteiger partial charge in [-0.05, 0) is 51.8 Å². The molecule has 1 aliphatic rings. The fourth-order valence-corrected chi connectivity index (χ4v) is 2.31. The first-order valence-corrected chi connectivity index (χ1v) is 5.99. The van der Waals surface area contributed by atoms with Crippen molar-refractivity contribution < 1.29 is 4.39 Å². The standard InChI is InChI=1S/C12H20FN3/c1-12(2,13)11-5-7-15-16(11)9-10-4-3-6-14-8-10/h5,7,10,14H,3-4,6,8-9H2,1-2H3. The van der Waals surface area contributed by atoms with Gasteiger partial charge < -0.3 is 5.32 Å². The number of aromatic nitrogens is 2. The Hall–Kier alpha value is -0.900. The number of hydrogen-bond donors (Lipinski definition) is 1. The Morgan fingerprint density at radius 1 is 1.62 bits per heavy atom. The second-order valence-corrected chi connectivity index (χ2v) is 5.08. The van der Waals surface area contributed by atoms with E-state index in [9.17, 15) is 4.39 Å². The van der Waals surface area contributed by atoms with Gasteiger partial charge in [-0.2, -0.15) is 5.10 Å². The highest BCUT2D eigenvalue weighted by Gasteiger charge is 2.25. The van der Waals surface area contributed by atoms with Gasteiger partial charge in [0.15, 0.2) is 0 Å². The molecule has 3 nitrogen and oxygen atoms in total. The molecule has 16 heavy (non-hydrogen) atoms. The van der Waals surface area contributed by atoms with E-state index in [4.69, 9.17) is 0 Å². The topological polar surface area (TPSA) is 29.9 Å². The smallest absolute Gasteiger partial charge is 0.146 e. The normalized spacial score (nSPS) is 22.3. The first-order chi connectivity index (χ1) is 7.57. The second-order valence-electron chi connectivity index (χ2n) is 5.08. The molecule has 1 N–H and O–H groups in total. The maximum absolute atomic E-state index is 13.9. The van der Waals surface area contributed by atoms with Crippen LogP contribution in [0.4, 0.5) is 4.39 Å². The van der Waals surface area contributed by atoms with Gasteiger partial charge in [0.05, 0.1) is 5.69 Å². The molecule has 0 aliphatic carbocycles. The summed E-state index contributed by atoms with van der Waals surface area (Å²) in [5.41, 5.74) is -0.628. The molecular weight excluding hydrogens is 205 g/mol. The quantitative estimate of drug-likeness (QED) is 0.853. The zero-order chi connectivity index (χ0) is 11.6. The zero-order valence-electron chi connectivity index (χ0n) is 10.0. The third-order valence-electron chi connectivity index (χ3n) is 3.16. The highest BCUT2D eigenvalue weighted by molar-refractivity contribution is 5.09. The predicted molar refractivity (Wildman–Crippen MR) is 62.0 cm³/mol. The van der Waals surface area contributed by atoms with Crippen LogP contribution in [0.2, 0.25) is 0 Å². The van der Waals surface area contributed by atoms with Gasteiger partial charge in [-0.25, -0.2) is 4.39 Å². The number of nitrogens with one attached hydrogen (secondary N) is 1. The van der Waals surface area contributed by atoms with E-state index in [0.717, 1.165) is 19.6 Å². The molecule has 0 spiro atoms. The zero-order valence-corrected chi connectivity index (χ0v) is 10.0. The van der Waals surface area contributed by atoms with E-state index in [2.05, 4.69) is 10.4 Å². The Morgan fingerprint density at radius 3 is 3.06 bits per heavy atom. The molecule has 90 valence electrons. The lowest BCUT2D eigenvalue weighted by atomic mass is 9.99. The number of rotatable bonds is 3. The third-order valence-corrected chi connectivity index (χ3v) is 3.16. The Balaban J connectivity index is 2.06. The molecule has 1 saturated heterocycles. The van der Waals surface area contributed by atoms with Crippen LogP contribution in [0.5, 0.6) is 0 Å². The van der Waals surface area contributed by atoms with Gasteiger partial charge >= 0.3 is 0 Å². The van der Waals surface area contributed by atoms with E-state index in [0.29, 0.717) is 11.6 Å². The van der Waals surface area contributed by atoms with Crippen LogP contribution in [0.3, 0.4) is 0 Å². The first-order valence-electron chi connectivity index (χ1n) is 5.99. The summed E-state index contributed by atoms with van der Waals surface area (Å²) in [7, 11) is 0. The molecule has 2 rings (SSSR count). The van der Waals surface area contributed by atoms with Crippen molar-refractivity contribution in [2.24, 2.45) is 5.92 Å². The van der Waals surface area contributed by atoms with Gasteiger partial charge in [0.25, 0.3) is 0 Å². The minimum atomic E-state index is -1.31. The predicted octanol–water partition coefficient (Wildman–Crippen LogP) is 2.09. The van der Waals surface area contributed by atoms with Crippen molar-refractivity contribution in [3.8, 4) is 0 Å². The molecule has 1 aliphatic heterocycles. The lowest BCUT2D eigenvalue weighted by Gasteiger charge is -2.25. The van der Waals surface area contributed by atoms with Crippen molar-refractivity contribution in [1.82, 2.24) is 15.1 Å². The van der Waals surface area contributed by atoms with E-state index < -0.39 is 5.67 Å². The Bertz CT molecular complexity index is 334. The van der Waals surface area contributed by atoms with Gasteiger partial charge in [-0.15, -0.1) is 0 Å². The number of piperidine rings is 1. The number of nitrogens with zero attached hydrogens (tertiary/aromatic N) is 2. The van der Waals surface area contributed by atoms with Crippen molar-refractivity contribution in [3.63, 3.8) is 0 Å². The highest BCUT2D eigenvalue weighted by Crippen LogP contribution is 2.25. The van der Waals surface area contributed by atoms with Crippen molar-refractivity contribution in [3.05, 3.63) is 18.0 Å².